The van der Waals surface area contributed by atoms with Crippen molar-refractivity contribution in [2.75, 3.05) is 5.75 Å². The van der Waals surface area contributed by atoms with Crippen LogP contribution < -0.4 is 5.56 Å². The highest BCUT2D eigenvalue weighted by molar-refractivity contribution is 8.76. The monoisotopic (exact) mass is 376 g/mol. The van der Waals surface area contributed by atoms with E-state index in [4.69, 9.17) is 16.6 Å². The number of rotatable bonds is 6. The Bertz CT molecular complexity index is 894. The van der Waals surface area contributed by atoms with E-state index in [-0.39, 0.29) is 5.56 Å². The molecule has 0 aliphatic rings. The number of para-hydroxylation sites is 1. The molecule has 0 bridgehead atoms. The summed E-state index contributed by atoms with van der Waals surface area (Å²) in [5.74, 6) is 1.03. The van der Waals surface area contributed by atoms with Gasteiger partial charge in [0.1, 0.15) is 0 Å². The lowest BCUT2D eigenvalue weighted by Crippen LogP contribution is -2.21. The fourth-order valence-corrected chi connectivity index (χ4v) is 4.66. The van der Waals surface area contributed by atoms with Crippen molar-refractivity contribution < 1.29 is 0 Å². The number of benzene rings is 2. The molecule has 24 heavy (non-hydrogen) atoms. The first-order valence-electron chi connectivity index (χ1n) is 7.78. The number of hydrogen-bond acceptors (Lipinski definition) is 4. The average molecular weight is 377 g/mol. The van der Waals surface area contributed by atoms with Crippen molar-refractivity contribution in [1.29, 1.82) is 0 Å². The van der Waals surface area contributed by atoms with Crippen LogP contribution in [0.4, 0.5) is 0 Å². The third-order valence-corrected chi connectivity index (χ3v) is 6.09. The van der Waals surface area contributed by atoms with E-state index in [1.54, 1.807) is 38.3 Å². The Labute approximate surface area is 153 Å². The molecule has 0 aliphatic heterocycles. The molecule has 6 heteroatoms. The van der Waals surface area contributed by atoms with Gasteiger partial charge in [0.2, 0.25) is 0 Å². The van der Waals surface area contributed by atoms with Crippen LogP contribution in [0.25, 0.3) is 16.6 Å². The van der Waals surface area contributed by atoms with Crippen LogP contribution in [0.2, 0.25) is 5.02 Å². The number of fused-ring (bicyclic) bond motifs is 1. The minimum atomic E-state index is -0.0542. The van der Waals surface area contributed by atoms with Gasteiger partial charge in [-0.1, -0.05) is 47.9 Å². The largest absolute Gasteiger partial charge is 0.268 e. The molecule has 0 unspecified atom stereocenters. The first-order valence-corrected chi connectivity index (χ1v) is 10.5. The Morgan fingerprint density at radius 1 is 1.12 bits per heavy atom. The van der Waals surface area contributed by atoms with Gasteiger partial charge >= 0.3 is 0 Å². The van der Waals surface area contributed by atoms with Crippen molar-refractivity contribution in [3.8, 4) is 5.69 Å². The summed E-state index contributed by atoms with van der Waals surface area (Å²) in [5, 5.41) is 1.96. The van der Waals surface area contributed by atoms with Crippen molar-refractivity contribution in [1.82, 2.24) is 9.55 Å². The summed E-state index contributed by atoms with van der Waals surface area (Å²) in [5.41, 5.74) is 1.45. The molecular weight excluding hydrogens is 360 g/mol. The zero-order valence-corrected chi connectivity index (χ0v) is 15.6. The number of nitrogens with zero attached hydrogens (tertiary/aromatic N) is 2. The van der Waals surface area contributed by atoms with E-state index in [1.807, 2.05) is 36.4 Å². The zero-order chi connectivity index (χ0) is 16.9. The second kappa shape index (κ2) is 8.10. The second-order valence-electron chi connectivity index (χ2n) is 5.29. The van der Waals surface area contributed by atoms with E-state index in [9.17, 15) is 4.79 Å². The summed E-state index contributed by atoms with van der Waals surface area (Å²) >= 11 is 5.98. The lowest BCUT2D eigenvalue weighted by atomic mass is 10.2. The average Bonchev–Trinajstić information content (AvgIpc) is 2.60. The normalized spacial score (nSPS) is 11.1. The van der Waals surface area contributed by atoms with E-state index in [0.29, 0.717) is 15.6 Å². The lowest BCUT2D eigenvalue weighted by molar-refractivity contribution is 0.823. The van der Waals surface area contributed by atoms with Gasteiger partial charge in [0, 0.05) is 10.8 Å². The Morgan fingerprint density at radius 2 is 1.88 bits per heavy atom. The van der Waals surface area contributed by atoms with Gasteiger partial charge in [-0.3, -0.25) is 9.36 Å². The minimum absolute atomic E-state index is 0.0542. The molecular formula is C18H17ClN2OS2. The molecule has 3 aromatic rings. The van der Waals surface area contributed by atoms with Crippen molar-refractivity contribution in [3.63, 3.8) is 0 Å². The zero-order valence-electron chi connectivity index (χ0n) is 13.2. The maximum absolute atomic E-state index is 13.0. The van der Waals surface area contributed by atoms with Crippen LogP contribution in [0.1, 0.15) is 19.8 Å². The molecule has 1 heterocycles. The highest BCUT2D eigenvalue weighted by Gasteiger charge is 2.13. The van der Waals surface area contributed by atoms with Gasteiger partial charge in [-0.25, -0.2) is 4.98 Å². The van der Waals surface area contributed by atoms with Gasteiger partial charge in [-0.15, -0.1) is 0 Å². The summed E-state index contributed by atoms with van der Waals surface area (Å²) < 4.78 is 1.67. The Morgan fingerprint density at radius 3 is 2.62 bits per heavy atom. The first kappa shape index (κ1) is 17.4. The van der Waals surface area contributed by atoms with Crippen LogP contribution in [0.3, 0.4) is 0 Å². The minimum Gasteiger partial charge on any atom is -0.268 e. The predicted molar refractivity (Wildman–Crippen MR) is 106 cm³/mol. The van der Waals surface area contributed by atoms with Crippen molar-refractivity contribution in [2.45, 2.75) is 24.9 Å². The quantitative estimate of drug-likeness (QED) is 0.319. The number of unbranched alkanes of at least 4 members (excludes halogenated alkanes) is 1. The Balaban J connectivity index is 2.10. The number of halogens is 1. The molecule has 0 fully saturated rings. The summed E-state index contributed by atoms with van der Waals surface area (Å²) in [6.07, 6.45) is 2.30. The molecule has 0 spiro atoms. The Kier molecular flexibility index (Phi) is 5.87. The molecule has 3 rings (SSSR count). The smallest absolute Gasteiger partial charge is 0.266 e. The molecule has 3 nitrogen and oxygen atoms in total. The fourth-order valence-electron chi connectivity index (χ4n) is 2.28. The topological polar surface area (TPSA) is 34.9 Å². The van der Waals surface area contributed by atoms with Gasteiger partial charge in [-0.05, 0) is 53.6 Å². The van der Waals surface area contributed by atoms with Gasteiger partial charge in [0.15, 0.2) is 5.16 Å². The predicted octanol–water partition coefficient (Wildman–Crippen LogP) is 5.58. The second-order valence-corrected chi connectivity index (χ2v) is 8.11. The van der Waals surface area contributed by atoms with Crippen molar-refractivity contribution >= 4 is 44.1 Å². The standard InChI is InChI=1S/C18H17ClN2OS2/c1-2-3-12-23-24-18-20-16-7-5-4-6-15(16)17(22)21(18)14-10-8-13(19)9-11-14/h4-11H,2-3,12H2,1H3. The highest BCUT2D eigenvalue weighted by atomic mass is 35.5. The number of hydrogen-bond donors (Lipinski definition) is 0. The van der Waals surface area contributed by atoms with Gasteiger partial charge < -0.3 is 0 Å². The van der Waals surface area contributed by atoms with Crippen LogP contribution in [-0.4, -0.2) is 15.3 Å². The van der Waals surface area contributed by atoms with Gasteiger partial charge in [0.05, 0.1) is 16.6 Å². The van der Waals surface area contributed by atoms with Gasteiger partial charge in [0.25, 0.3) is 5.56 Å². The van der Waals surface area contributed by atoms with Crippen LogP contribution in [0, 0.1) is 0 Å². The molecule has 0 saturated heterocycles. The Hall–Kier alpha value is -1.43. The number of aromatic nitrogens is 2. The van der Waals surface area contributed by atoms with E-state index in [2.05, 4.69) is 6.92 Å². The summed E-state index contributed by atoms with van der Waals surface area (Å²) in [6.45, 7) is 2.17. The molecule has 0 amide bonds. The summed E-state index contributed by atoms with van der Waals surface area (Å²) in [7, 11) is 3.28. The SMILES string of the molecule is CCCCSSc1nc2ccccc2c(=O)n1-c1ccc(Cl)cc1. The molecule has 2 aromatic carbocycles. The van der Waals surface area contributed by atoms with E-state index < -0.39 is 0 Å². The molecule has 124 valence electrons. The van der Waals surface area contributed by atoms with Crippen molar-refractivity contribution in [2.24, 2.45) is 0 Å². The fraction of sp³-hybridized carbons (Fsp3) is 0.222. The third kappa shape index (κ3) is 3.79. The van der Waals surface area contributed by atoms with E-state index in [0.717, 1.165) is 29.8 Å². The molecule has 0 atom stereocenters. The third-order valence-electron chi connectivity index (χ3n) is 3.54. The van der Waals surface area contributed by atoms with Crippen LogP contribution in [0.5, 0.6) is 0 Å². The molecule has 0 aliphatic carbocycles. The van der Waals surface area contributed by atoms with Gasteiger partial charge in [-0.2, -0.15) is 0 Å². The maximum Gasteiger partial charge on any atom is 0.266 e. The summed E-state index contributed by atoms with van der Waals surface area (Å²) in [4.78, 5) is 17.7. The van der Waals surface area contributed by atoms with Crippen molar-refractivity contribution in [3.05, 3.63) is 63.9 Å². The summed E-state index contributed by atoms with van der Waals surface area (Å²) in [6, 6.07) is 14.7. The molecule has 0 radical (unpaired) electrons. The first-order chi connectivity index (χ1) is 11.7. The molecule has 1 aromatic heterocycles. The van der Waals surface area contributed by atoms with Crippen LogP contribution in [0.15, 0.2) is 58.5 Å². The maximum atomic E-state index is 13.0. The van der Waals surface area contributed by atoms with E-state index in [1.165, 1.54) is 0 Å². The molecule has 0 saturated carbocycles. The molecule has 0 N–H and O–H groups in total. The van der Waals surface area contributed by atoms with E-state index >= 15 is 0 Å². The van der Waals surface area contributed by atoms with Crippen LogP contribution in [-0.2, 0) is 0 Å². The highest BCUT2D eigenvalue weighted by Crippen LogP contribution is 2.32. The lowest BCUT2D eigenvalue weighted by Gasteiger charge is -2.12. The van der Waals surface area contributed by atoms with Crippen LogP contribution >= 0.6 is 33.2 Å².